The van der Waals surface area contributed by atoms with E-state index in [9.17, 15) is 14.4 Å². The Bertz CT molecular complexity index is 611. The number of rotatable bonds is 31. The minimum absolute atomic E-state index is 0.0867. The number of ketones is 2. The first-order chi connectivity index (χ1) is 19.5. The van der Waals surface area contributed by atoms with Crippen LogP contribution < -0.4 is 0 Å². The van der Waals surface area contributed by atoms with Crippen molar-refractivity contribution in [2.75, 3.05) is 79.2 Å². The van der Waals surface area contributed by atoms with Gasteiger partial charge in [0.2, 0.25) is 5.91 Å². The van der Waals surface area contributed by atoms with Gasteiger partial charge in [-0.3, -0.25) is 14.4 Å². The van der Waals surface area contributed by atoms with Crippen LogP contribution in [0.3, 0.4) is 0 Å². The highest BCUT2D eigenvalue weighted by atomic mass is 16.5. The summed E-state index contributed by atoms with van der Waals surface area (Å²) < 4.78 is 21.8. The number of hydrogen-bond donors (Lipinski definition) is 2. The molecule has 0 atom stereocenters. The van der Waals surface area contributed by atoms with Crippen LogP contribution >= 0.6 is 0 Å². The fourth-order valence-electron chi connectivity index (χ4n) is 3.67. The minimum atomic E-state index is -0.469. The van der Waals surface area contributed by atoms with Gasteiger partial charge in [0.05, 0.1) is 52.9 Å². The molecule has 0 saturated carbocycles. The van der Waals surface area contributed by atoms with Crippen molar-refractivity contribution in [1.82, 2.24) is 4.90 Å². The van der Waals surface area contributed by atoms with Crippen LogP contribution in [-0.4, -0.2) is 112 Å². The number of hydrogen-bond acceptors (Lipinski definition) is 9. The van der Waals surface area contributed by atoms with E-state index >= 15 is 0 Å². The molecule has 0 fully saturated rings. The molecule has 10 nitrogen and oxygen atoms in total. The highest BCUT2D eigenvalue weighted by Gasteiger charge is 2.13. The normalized spacial score (nSPS) is 11.4. The maximum Gasteiger partial charge on any atom is 0.222 e. The van der Waals surface area contributed by atoms with Crippen molar-refractivity contribution in [2.45, 2.75) is 84.0 Å². The van der Waals surface area contributed by atoms with E-state index < -0.39 is 13.2 Å². The Morgan fingerprint density at radius 1 is 0.575 bits per heavy atom. The predicted octanol–water partition coefficient (Wildman–Crippen LogP) is 3.26. The summed E-state index contributed by atoms with van der Waals surface area (Å²) in [7, 11) is 0. The van der Waals surface area contributed by atoms with Crippen molar-refractivity contribution in [1.29, 1.82) is 0 Å². The minimum Gasteiger partial charge on any atom is -0.389 e. The van der Waals surface area contributed by atoms with Gasteiger partial charge in [-0.25, -0.2) is 0 Å². The number of nitrogens with zero attached hydrogens (tertiary/aromatic N) is 1. The van der Waals surface area contributed by atoms with Crippen LogP contribution in [0.1, 0.15) is 84.0 Å². The molecule has 0 aromatic rings. The fraction of sp³-hybridized carbons (Fsp3) is 0.833. The molecule has 40 heavy (non-hydrogen) atoms. The third-order valence-corrected chi connectivity index (χ3v) is 6.16. The number of unbranched alkanes of at least 4 members (excludes halogenated alkanes) is 7. The van der Waals surface area contributed by atoms with Crippen molar-refractivity contribution >= 4 is 17.5 Å². The molecule has 0 aliphatic heterocycles. The number of allylic oxidation sites excluding steroid dienone is 2. The van der Waals surface area contributed by atoms with Crippen LogP contribution in [0.4, 0.5) is 0 Å². The number of Topliss-reactive ketones (excluding diaryl/α,β-unsaturated/α-hetero) is 2. The van der Waals surface area contributed by atoms with Crippen LogP contribution in [0.15, 0.2) is 12.2 Å². The smallest absolute Gasteiger partial charge is 0.222 e. The topological polar surface area (TPSA) is 132 Å². The molecule has 0 aliphatic rings. The first kappa shape index (κ1) is 38.3. The van der Waals surface area contributed by atoms with Gasteiger partial charge in [0.25, 0.3) is 0 Å². The second kappa shape index (κ2) is 30.3. The second-order valence-corrected chi connectivity index (χ2v) is 9.64. The predicted molar refractivity (Wildman–Crippen MR) is 154 cm³/mol. The van der Waals surface area contributed by atoms with Crippen LogP contribution in [0.5, 0.6) is 0 Å². The van der Waals surface area contributed by atoms with E-state index in [-0.39, 0.29) is 43.5 Å². The largest absolute Gasteiger partial charge is 0.389 e. The molecule has 0 radical (unpaired) electrons. The summed E-state index contributed by atoms with van der Waals surface area (Å²) in [6.45, 7) is 4.82. The van der Waals surface area contributed by atoms with Crippen LogP contribution in [-0.2, 0) is 33.3 Å². The molecule has 0 aromatic heterocycles. The molecule has 0 unspecified atom stereocenters. The van der Waals surface area contributed by atoms with Gasteiger partial charge in [0, 0.05) is 32.4 Å². The van der Waals surface area contributed by atoms with Gasteiger partial charge in [-0.2, -0.15) is 0 Å². The second-order valence-electron chi connectivity index (χ2n) is 9.64. The van der Waals surface area contributed by atoms with Crippen LogP contribution in [0.25, 0.3) is 0 Å². The lowest BCUT2D eigenvalue weighted by Gasteiger charge is -2.23. The average molecular weight is 574 g/mol. The third kappa shape index (κ3) is 26.5. The van der Waals surface area contributed by atoms with Gasteiger partial charge in [-0.05, 0) is 25.7 Å². The molecule has 234 valence electrons. The summed E-state index contributed by atoms with van der Waals surface area (Å²) in [5, 5.41) is 17.4. The molecule has 10 heteroatoms. The monoisotopic (exact) mass is 573 g/mol. The van der Waals surface area contributed by atoms with Gasteiger partial charge in [-0.15, -0.1) is 0 Å². The van der Waals surface area contributed by atoms with Gasteiger partial charge in [0.1, 0.15) is 13.2 Å². The number of aliphatic hydroxyl groups excluding tert-OH is 2. The van der Waals surface area contributed by atoms with Crippen molar-refractivity contribution in [3.63, 3.8) is 0 Å². The quantitative estimate of drug-likeness (QED) is 0.0947. The van der Waals surface area contributed by atoms with E-state index in [1.807, 2.05) is 0 Å². The van der Waals surface area contributed by atoms with E-state index in [2.05, 4.69) is 19.1 Å². The van der Waals surface area contributed by atoms with E-state index in [1.165, 1.54) is 32.1 Å². The number of carbonyl (C=O) groups is 3. The Morgan fingerprint density at radius 2 is 1.02 bits per heavy atom. The highest BCUT2D eigenvalue weighted by Crippen LogP contribution is 2.10. The molecular weight excluding hydrogens is 518 g/mol. The summed E-state index contributed by atoms with van der Waals surface area (Å²) in [4.78, 5) is 36.7. The van der Waals surface area contributed by atoms with Gasteiger partial charge >= 0.3 is 0 Å². The van der Waals surface area contributed by atoms with E-state index in [0.717, 1.165) is 25.7 Å². The summed E-state index contributed by atoms with van der Waals surface area (Å²) >= 11 is 0. The highest BCUT2D eigenvalue weighted by molar-refractivity contribution is 5.79. The molecule has 0 aliphatic carbocycles. The molecule has 2 N–H and O–H groups in total. The maximum atomic E-state index is 12.8. The molecular formula is C30H55NO9. The standard InChI is InChI=1S/C30H55NO9/c1-2-3-4-5-6-7-8-9-10-11-12-13-30(36)31(16-20-39-24-22-37-18-14-28(34)26-32)17-21-40-25-23-38-19-15-29(35)27-33/h5-6,32-33H,2-4,7-27H2,1H3/b6-5+. The lowest BCUT2D eigenvalue weighted by atomic mass is 10.1. The van der Waals surface area contributed by atoms with Crippen molar-refractivity contribution in [2.24, 2.45) is 0 Å². The summed E-state index contributed by atoms with van der Waals surface area (Å²) in [6, 6.07) is 0. The Hall–Kier alpha value is -1.69. The molecule has 0 spiro atoms. The Balaban J connectivity index is 4.17. The van der Waals surface area contributed by atoms with Gasteiger partial charge in [0.15, 0.2) is 11.6 Å². The third-order valence-electron chi connectivity index (χ3n) is 6.16. The molecule has 0 rings (SSSR count). The molecule has 1 amide bonds. The number of ether oxygens (including phenoxy) is 4. The molecule has 0 aromatic carbocycles. The zero-order chi connectivity index (χ0) is 29.5. The Labute approximate surface area is 241 Å². The van der Waals surface area contributed by atoms with Crippen LogP contribution in [0, 0.1) is 0 Å². The first-order valence-electron chi connectivity index (χ1n) is 15.0. The lowest BCUT2D eigenvalue weighted by Crippen LogP contribution is -2.37. The number of aliphatic hydroxyl groups is 2. The molecule has 0 heterocycles. The van der Waals surface area contributed by atoms with Crippen molar-refractivity contribution < 1.29 is 43.5 Å². The van der Waals surface area contributed by atoms with Crippen molar-refractivity contribution in [3.8, 4) is 0 Å². The molecule has 0 saturated heterocycles. The van der Waals surface area contributed by atoms with E-state index in [0.29, 0.717) is 59.2 Å². The summed E-state index contributed by atoms with van der Waals surface area (Å²) in [6.07, 6.45) is 15.7. The van der Waals surface area contributed by atoms with E-state index in [4.69, 9.17) is 29.2 Å². The summed E-state index contributed by atoms with van der Waals surface area (Å²) in [5.74, 6) is -0.421. The zero-order valence-electron chi connectivity index (χ0n) is 24.8. The zero-order valence-corrected chi connectivity index (χ0v) is 24.8. The Kier molecular flexibility index (Phi) is 29.0. The Morgan fingerprint density at radius 3 is 1.52 bits per heavy atom. The lowest BCUT2D eigenvalue weighted by molar-refractivity contribution is -0.133. The van der Waals surface area contributed by atoms with Crippen LogP contribution in [0.2, 0.25) is 0 Å². The fourth-order valence-corrected chi connectivity index (χ4v) is 3.67. The van der Waals surface area contributed by atoms with Gasteiger partial charge in [-0.1, -0.05) is 51.2 Å². The van der Waals surface area contributed by atoms with Crippen molar-refractivity contribution in [3.05, 3.63) is 12.2 Å². The average Bonchev–Trinajstić information content (AvgIpc) is 2.96. The van der Waals surface area contributed by atoms with Gasteiger partial charge < -0.3 is 34.1 Å². The summed E-state index contributed by atoms with van der Waals surface area (Å²) in [5.41, 5.74) is 0. The first-order valence-corrected chi connectivity index (χ1v) is 15.0. The number of carbonyl (C=O) groups excluding carboxylic acids is 3. The SMILES string of the molecule is CCCC/C=C/CCCCCCCC(=O)N(CCOCCOCCC(=O)CO)CCOCCOCCC(=O)CO. The maximum absolute atomic E-state index is 12.8. The molecule has 0 bridgehead atoms. The number of amides is 1. The van der Waals surface area contributed by atoms with E-state index in [1.54, 1.807) is 4.90 Å².